The predicted molar refractivity (Wildman–Crippen MR) is 131 cm³/mol. The minimum Gasteiger partial charge on any atom is -0.393 e. The molecule has 0 bridgehead atoms. The van der Waals surface area contributed by atoms with Gasteiger partial charge in [0.1, 0.15) is 11.7 Å². The Bertz CT molecular complexity index is 1030. The Kier molecular flexibility index (Phi) is 4.09. The van der Waals surface area contributed by atoms with Crippen molar-refractivity contribution < 1.29 is 29.5 Å². The molecule has 6 heteroatoms. The zero-order valence-electron chi connectivity index (χ0n) is 22.9. The van der Waals surface area contributed by atoms with E-state index in [1.807, 2.05) is 6.92 Å². The minimum atomic E-state index is -0.943. The van der Waals surface area contributed by atoms with Crippen molar-refractivity contribution in [1.82, 2.24) is 0 Å². The summed E-state index contributed by atoms with van der Waals surface area (Å²) >= 11 is 0. The molecular formula is C30H46O6. The van der Waals surface area contributed by atoms with Crippen LogP contribution in [-0.2, 0) is 14.2 Å². The van der Waals surface area contributed by atoms with Crippen LogP contribution < -0.4 is 0 Å². The summed E-state index contributed by atoms with van der Waals surface area (Å²) in [6.45, 7) is 13.7. The van der Waals surface area contributed by atoms with Crippen LogP contribution in [-0.4, -0.2) is 57.4 Å². The number of aliphatic hydroxyl groups is 3. The van der Waals surface area contributed by atoms with Crippen molar-refractivity contribution in [3.8, 4) is 0 Å². The van der Waals surface area contributed by atoms with Gasteiger partial charge in [0.05, 0.1) is 18.3 Å². The molecule has 0 aromatic rings. The van der Waals surface area contributed by atoms with Crippen LogP contribution in [0, 0.1) is 50.7 Å². The average Bonchev–Trinajstić information content (AvgIpc) is 3.62. The summed E-state index contributed by atoms with van der Waals surface area (Å²) in [6.07, 6.45) is 6.48. The van der Waals surface area contributed by atoms with E-state index in [2.05, 4.69) is 34.6 Å². The molecular weight excluding hydrogens is 456 g/mol. The molecule has 0 radical (unpaired) electrons. The van der Waals surface area contributed by atoms with E-state index in [0.29, 0.717) is 24.2 Å². The Hall–Kier alpha value is -0.240. The molecule has 3 spiro atoms. The van der Waals surface area contributed by atoms with Crippen LogP contribution in [0.3, 0.4) is 0 Å². The molecule has 0 amide bonds. The van der Waals surface area contributed by atoms with Crippen LogP contribution in [0.2, 0.25) is 0 Å². The van der Waals surface area contributed by atoms with Gasteiger partial charge in [-0.25, -0.2) is 0 Å². The van der Waals surface area contributed by atoms with Gasteiger partial charge in [-0.15, -0.1) is 0 Å². The van der Waals surface area contributed by atoms with Crippen LogP contribution in [0.4, 0.5) is 0 Å². The Balaban J connectivity index is 1.17. The van der Waals surface area contributed by atoms with Gasteiger partial charge in [-0.3, -0.25) is 0 Å². The molecule has 8 fully saturated rings. The molecule has 15 atom stereocenters. The summed E-state index contributed by atoms with van der Waals surface area (Å²) in [4.78, 5) is 0. The van der Waals surface area contributed by atoms with E-state index in [1.165, 1.54) is 19.3 Å². The summed E-state index contributed by atoms with van der Waals surface area (Å²) in [5.74, 6) is 0.843. The highest BCUT2D eigenvalue weighted by molar-refractivity contribution is 5.33. The minimum absolute atomic E-state index is 0.00402. The van der Waals surface area contributed by atoms with Gasteiger partial charge >= 0.3 is 0 Å². The zero-order valence-corrected chi connectivity index (χ0v) is 22.9. The fraction of sp³-hybridized carbons (Fsp3) is 1.00. The molecule has 6 nitrogen and oxygen atoms in total. The van der Waals surface area contributed by atoms with Crippen molar-refractivity contribution >= 4 is 0 Å². The van der Waals surface area contributed by atoms with Gasteiger partial charge in [0.15, 0.2) is 6.29 Å². The largest absolute Gasteiger partial charge is 0.393 e. The lowest BCUT2D eigenvalue weighted by atomic mass is 9.41. The first-order valence-corrected chi connectivity index (χ1v) is 14.8. The SMILES string of the molecule is C[C@@H]1C[C@@]2(O[C@H]3C[C@@]4(C)[C@@H]5CC[C@H]6C(C)(C)[C@@H](O)CC[C@@]67CC57C[C@@H](O)[C@]4(C)[C@@H]13)O[C@H](O)[C@]1(C)O[C@H]21. The van der Waals surface area contributed by atoms with Crippen LogP contribution >= 0.6 is 0 Å². The molecule has 3 heterocycles. The molecule has 36 heavy (non-hydrogen) atoms. The number of fused-ring (bicyclic) bond motifs is 6. The van der Waals surface area contributed by atoms with Gasteiger partial charge in [-0.05, 0) is 97.2 Å². The van der Waals surface area contributed by atoms with Crippen LogP contribution in [0.15, 0.2) is 0 Å². The Morgan fingerprint density at radius 3 is 2.14 bits per heavy atom. The summed E-state index contributed by atoms with van der Waals surface area (Å²) in [6, 6.07) is 0. The summed E-state index contributed by atoms with van der Waals surface area (Å²) in [7, 11) is 0. The van der Waals surface area contributed by atoms with Gasteiger partial charge < -0.3 is 29.5 Å². The second-order valence-corrected chi connectivity index (χ2v) is 16.0. The van der Waals surface area contributed by atoms with E-state index in [9.17, 15) is 15.3 Å². The van der Waals surface area contributed by atoms with Crippen molar-refractivity contribution in [3.05, 3.63) is 0 Å². The predicted octanol–water partition coefficient (Wildman–Crippen LogP) is 3.99. The third kappa shape index (κ3) is 2.19. The van der Waals surface area contributed by atoms with Gasteiger partial charge in [-0.1, -0.05) is 34.6 Å². The van der Waals surface area contributed by atoms with Gasteiger partial charge in [-0.2, -0.15) is 0 Å². The molecule has 3 aliphatic heterocycles. The monoisotopic (exact) mass is 502 g/mol. The van der Waals surface area contributed by atoms with Crippen molar-refractivity contribution in [1.29, 1.82) is 0 Å². The van der Waals surface area contributed by atoms with E-state index in [1.54, 1.807) is 0 Å². The number of hydrogen-bond donors (Lipinski definition) is 3. The van der Waals surface area contributed by atoms with Crippen LogP contribution in [0.25, 0.3) is 0 Å². The molecule has 8 aliphatic rings. The Labute approximate surface area is 215 Å². The molecule has 202 valence electrons. The fourth-order valence-corrected chi connectivity index (χ4v) is 13.0. The van der Waals surface area contributed by atoms with Crippen LogP contribution in [0.1, 0.15) is 92.9 Å². The smallest absolute Gasteiger partial charge is 0.201 e. The van der Waals surface area contributed by atoms with Gasteiger partial charge in [0.2, 0.25) is 5.79 Å². The lowest BCUT2D eigenvalue weighted by molar-refractivity contribution is -0.346. The number of aliphatic hydroxyl groups excluding tert-OH is 3. The first kappa shape index (κ1) is 23.6. The number of ether oxygens (including phenoxy) is 3. The Morgan fingerprint density at radius 1 is 0.750 bits per heavy atom. The summed E-state index contributed by atoms with van der Waals surface area (Å²) in [5.41, 5.74) is -0.433. The van der Waals surface area contributed by atoms with E-state index in [4.69, 9.17) is 14.2 Å². The first-order chi connectivity index (χ1) is 16.7. The van der Waals surface area contributed by atoms with Crippen molar-refractivity contribution in [2.45, 2.75) is 135 Å². The maximum Gasteiger partial charge on any atom is 0.201 e. The number of rotatable bonds is 0. The molecule has 5 saturated carbocycles. The molecule has 3 N–H and O–H groups in total. The third-order valence-electron chi connectivity index (χ3n) is 14.8. The zero-order chi connectivity index (χ0) is 25.5. The van der Waals surface area contributed by atoms with Gasteiger partial charge in [0, 0.05) is 11.8 Å². The average molecular weight is 503 g/mol. The maximum absolute atomic E-state index is 12.2. The quantitative estimate of drug-likeness (QED) is 0.434. The standard InChI is InChI=1S/C30H46O6/c1-15-11-30(22-27(6,35-22)23(33)36-30)34-16-12-25(4)18-8-7-17-24(2,3)19(31)9-10-28(17)14-29(18,28)13-20(32)26(25,5)21(15)16/h15-23,31-33H,7-14H2,1-6H3/t15-,16+,17+,18+,19+,20-,21+,22+,23+,25+,26-,27-,28-,29?,30-/m1/s1. The highest BCUT2D eigenvalue weighted by Crippen LogP contribution is 2.89. The van der Waals surface area contributed by atoms with E-state index in [-0.39, 0.29) is 57.4 Å². The summed E-state index contributed by atoms with van der Waals surface area (Å²) < 4.78 is 19.0. The Morgan fingerprint density at radius 2 is 1.47 bits per heavy atom. The lowest BCUT2D eigenvalue weighted by Gasteiger charge is -2.64. The number of epoxide rings is 1. The second-order valence-electron chi connectivity index (χ2n) is 16.0. The maximum atomic E-state index is 12.2. The van der Waals surface area contributed by atoms with E-state index >= 15 is 0 Å². The van der Waals surface area contributed by atoms with E-state index in [0.717, 1.165) is 25.7 Å². The molecule has 1 unspecified atom stereocenters. The highest BCUT2D eigenvalue weighted by atomic mass is 16.8. The molecule has 5 aliphatic carbocycles. The van der Waals surface area contributed by atoms with Crippen molar-refractivity contribution in [2.75, 3.05) is 0 Å². The molecule has 0 aromatic heterocycles. The van der Waals surface area contributed by atoms with Crippen molar-refractivity contribution in [2.24, 2.45) is 50.7 Å². The number of hydrogen-bond acceptors (Lipinski definition) is 6. The van der Waals surface area contributed by atoms with Crippen molar-refractivity contribution in [3.63, 3.8) is 0 Å². The van der Waals surface area contributed by atoms with Crippen LogP contribution in [0.5, 0.6) is 0 Å². The molecule has 8 rings (SSSR count). The highest BCUT2D eigenvalue weighted by Gasteiger charge is 2.86. The first-order valence-electron chi connectivity index (χ1n) is 14.8. The van der Waals surface area contributed by atoms with Gasteiger partial charge in [0.25, 0.3) is 0 Å². The molecule has 3 saturated heterocycles. The topological polar surface area (TPSA) is 91.7 Å². The van der Waals surface area contributed by atoms with E-state index < -0.39 is 17.7 Å². The molecule has 0 aromatic carbocycles. The third-order valence-corrected chi connectivity index (χ3v) is 14.8. The normalized spacial score (nSPS) is 69.8. The second kappa shape index (κ2) is 6.23. The lowest BCUT2D eigenvalue weighted by Crippen LogP contribution is -2.63. The summed E-state index contributed by atoms with van der Waals surface area (Å²) in [5, 5.41) is 33.7. The fourth-order valence-electron chi connectivity index (χ4n) is 13.0.